The molecule has 0 spiro atoms. The number of anilines is 2. The van der Waals surface area contributed by atoms with E-state index in [1.807, 2.05) is 19.1 Å². The summed E-state index contributed by atoms with van der Waals surface area (Å²) in [6, 6.07) is 10.3. The Morgan fingerprint density at radius 1 is 1.08 bits per heavy atom. The number of aryl methyl sites for hydroxylation is 1. The van der Waals surface area contributed by atoms with Gasteiger partial charge >= 0.3 is 0 Å². The van der Waals surface area contributed by atoms with Crippen LogP contribution in [0.25, 0.3) is 10.9 Å². The highest BCUT2D eigenvalue weighted by atomic mass is 15.1. The first-order valence-corrected chi connectivity index (χ1v) is 8.33. The number of hydrogen-bond donors (Lipinski definition) is 3. The van der Waals surface area contributed by atoms with Crippen LogP contribution in [0.15, 0.2) is 36.5 Å². The van der Waals surface area contributed by atoms with Crippen molar-refractivity contribution in [3.05, 3.63) is 47.9 Å². The normalized spacial score (nSPS) is 11.7. The van der Waals surface area contributed by atoms with Gasteiger partial charge in [-0.1, -0.05) is 18.2 Å². The molecule has 3 aromatic rings. The van der Waals surface area contributed by atoms with Gasteiger partial charge in [-0.15, -0.1) is 0 Å². The SMILES string of the molecule is Cc1nc(NCCc2c[nH]c3ccccc23)cc(NC(C)(C)C)n1. The Bertz CT molecular complexity index is 829. The lowest BCUT2D eigenvalue weighted by atomic mass is 10.1. The van der Waals surface area contributed by atoms with E-state index in [1.165, 1.54) is 16.5 Å². The molecule has 0 saturated heterocycles. The average Bonchev–Trinajstić information content (AvgIpc) is 2.88. The van der Waals surface area contributed by atoms with Crippen molar-refractivity contribution in [2.24, 2.45) is 0 Å². The molecule has 0 amide bonds. The fourth-order valence-electron chi connectivity index (χ4n) is 2.77. The second-order valence-corrected chi connectivity index (χ2v) is 7.10. The third kappa shape index (κ3) is 4.04. The van der Waals surface area contributed by atoms with Gasteiger partial charge in [0.15, 0.2) is 0 Å². The lowest BCUT2D eigenvalue weighted by Crippen LogP contribution is -2.27. The van der Waals surface area contributed by atoms with Gasteiger partial charge in [-0.25, -0.2) is 9.97 Å². The minimum absolute atomic E-state index is 0.0257. The second kappa shape index (κ2) is 6.51. The van der Waals surface area contributed by atoms with Crippen LogP contribution in [0.2, 0.25) is 0 Å². The molecular weight excluding hydrogens is 298 g/mol. The highest BCUT2D eigenvalue weighted by Crippen LogP contribution is 2.19. The maximum Gasteiger partial charge on any atom is 0.132 e. The number of para-hydroxylation sites is 1. The molecule has 0 bridgehead atoms. The Morgan fingerprint density at radius 3 is 2.62 bits per heavy atom. The predicted octanol–water partition coefficient (Wildman–Crippen LogP) is 4.13. The molecule has 0 aliphatic carbocycles. The number of nitrogens with one attached hydrogen (secondary N) is 3. The highest BCUT2D eigenvalue weighted by molar-refractivity contribution is 5.83. The number of benzene rings is 1. The molecule has 0 aliphatic rings. The van der Waals surface area contributed by atoms with Gasteiger partial charge in [0.25, 0.3) is 0 Å². The fraction of sp³-hybridized carbons (Fsp3) is 0.368. The molecule has 0 aliphatic heterocycles. The van der Waals surface area contributed by atoms with Crippen LogP contribution in [0.4, 0.5) is 11.6 Å². The van der Waals surface area contributed by atoms with Crippen LogP contribution in [0.1, 0.15) is 32.2 Å². The van der Waals surface area contributed by atoms with Crippen LogP contribution in [0.3, 0.4) is 0 Å². The molecular formula is C19H25N5. The molecule has 0 unspecified atom stereocenters. The number of H-pyrrole nitrogens is 1. The summed E-state index contributed by atoms with van der Waals surface area (Å²) in [5.74, 6) is 2.47. The Kier molecular flexibility index (Phi) is 4.42. The monoisotopic (exact) mass is 323 g/mol. The van der Waals surface area contributed by atoms with Gasteiger partial charge in [-0.3, -0.25) is 0 Å². The molecule has 0 fully saturated rings. The summed E-state index contributed by atoms with van der Waals surface area (Å²) in [6.07, 6.45) is 3.03. The van der Waals surface area contributed by atoms with Crippen molar-refractivity contribution in [1.29, 1.82) is 0 Å². The summed E-state index contributed by atoms with van der Waals surface area (Å²) in [4.78, 5) is 12.2. The quantitative estimate of drug-likeness (QED) is 0.660. The summed E-state index contributed by atoms with van der Waals surface area (Å²) < 4.78 is 0. The van der Waals surface area contributed by atoms with Crippen molar-refractivity contribution < 1.29 is 0 Å². The number of aromatic amines is 1. The molecule has 5 nitrogen and oxygen atoms in total. The summed E-state index contributed by atoms with van der Waals surface area (Å²) >= 11 is 0. The maximum atomic E-state index is 4.47. The van der Waals surface area contributed by atoms with Gasteiger partial charge in [-0.2, -0.15) is 0 Å². The van der Waals surface area contributed by atoms with Crippen molar-refractivity contribution in [3.63, 3.8) is 0 Å². The van der Waals surface area contributed by atoms with Crippen molar-refractivity contribution in [2.45, 2.75) is 39.7 Å². The average molecular weight is 323 g/mol. The first-order chi connectivity index (χ1) is 11.4. The zero-order valence-electron chi connectivity index (χ0n) is 14.8. The lowest BCUT2D eigenvalue weighted by Gasteiger charge is -2.21. The molecule has 1 aromatic carbocycles. The molecule has 2 aromatic heterocycles. The van der Waals surface area contributed by atoms with Gasteiger partial charge in [0.1, 0.15) is 17.5 Å². The summed E-state index contributed by atoms with van der Waals surface area (Å²) in [6.45, 7) is 9.10. The Labute approximate surface area is 142 Å². The lowest BCUT2D eigenvalue weighted by molar-refractivity contribution is 0.629. The third-order valence-electron chi connectivity index (χ3n) is 3.72. The largest absolute Gasteiger partial charge is 0.370 e. The molecule has 126 valence electrons. The van der Waals surface area contributed by atoms with Crippen molar-refractivity contribution in [3.8, 4) is 0 Å². The minimum atomic E-state index is -0.0257. The predicted molar refractivity (Wildman–Crippen MR) is 101 cm³/mol. The van der Waals surface area contributed by atoms with E-state index in [0.29, 0.717) is 0 Å². The van der Waals surface area contributed by atoms with E-state index in [1.54, 1.807) is 0 Å². The fourth-order valence-corrected chi connectivity index (χ4v) is 2.77. The first kappa shape index (κ1) is 16.3. The maximum absolute atomic E-state index is 4.47. The van der Waals surface area contributed by atoms with Gasteiger partial charge in [0.2, 0.25) is 0 Å². The number of aromatic nitrogens is 3. The smallest absolute Gasteiger partial charge is 0.132 e. The summed E-state index contributed by atoms with van der Waals surface area (Å²) in [5.41, 5.74) is 2.47. The Morgan fingerprint density at radius 2 is 1.83 bits per heavy atom. The molecule has 2 heterocycles. The van der Waals surface area contributed by atoms with Crippen LogP contribution < -0.4 is 10.6 Å². The number of rotatable bonds is 5. The van der Waals surface area contributed by atoms with Gasteiger partial charge < -0.3 is 15.6 Å². The van der Waals surface area contributed by atoms with E-state index >= 15 is 0 Å². The van der Waals surface area contributed by atoms with Gasteiger partial charge in [0, 0.05) is 35.2 Å². The van der Waals surface area contributed by atoms with E-state index in [9.17, 15) is 0 Å². The third-order valence-corrected chi connectivity index (χ3v) is 3.72. The van der Waals surface area contributed by atoms with Crippen molar-refractivity contribution in [1.82, 2.24) is 15.0 Å². The van der Waals surface area contributed by atoms with Crippen LogP contribution >= 0.6 is 0 Å². The van der Waals surface area contributed by atoms with E-state index in [2.05, 4.69) is 70.8 Å². The molecule has 0 atom stereocenters. The van der Waals surface area contributed by atoms with Gasteiger partial charge in [-0.05, 0) is 45.7 Å². The highest BCUT2D eigenvalue weighted by Gasteiger charge is 2.11. The van der Waals surface area contributed by atoms with E-state index < -0.39 is 0 Å². The zero-order valence-corrected chi connectivity index (χ0v) is 14.8. The van der Waals surface area contributed by atoms with E-state index in [-0.39, 0.29) is 5.54 Å². The zero-order chi connectivity index (χ0) is 17.2. The Hall–Kier alpha value is -2.56. The van der Waals surface area contributed by atoms with Crippen molar-refractivity contribution in [2.75, 3.05) is 17.2 Å². The molecule has 3 N–H and O–H groups in total. The summed E-state index contributed by atoms with van der Waals surface area (Å²) in [7, 11) is 0. The Balaban J connectivity index is 1.66. The number of nitrogens with zero attached hydrogens (tertiary/aromatic N) is 2. The van der Waals surface area contributed by atoms with E-state index in [0.717, 1.165) is 30.4 Å². The van der Waals surface area contributed by atoms with Crippen LogP contribution in [-0.2, 0) is 6.42 Å². The van der Waals surface area contributed by atoms with Gasteiger partial charge in [0.05, 0.1) is 0 Å². The first-order valence-electron chi connectivity index (χ1n) is 8.33. The van der Waals surface area contributed by atoms with Crippen LogP contribution in [-0.4, -0.2) is 27.0 Å². The molecule has 3 rings (SSSR count). The number of hydrogen-bond acceptors (Lipinski definition) is 4. The van der Waals surface area contributed by atoms with E-state index in [4.69, 9.17) is 0 Å². The minimum Gasteiger partial charge on any atom is -0.370 e. The standard InChI is InChI=1S/C19H25N5/c1-13-22-17(11-18(23-13)24-19(2,3)4)20-10-9-14-12-21-16-8-6-5-7-15(14)16/h5-8,11-12,21H,9-10H2,1-4H3,(H2,20,22,23,24). The second-order valence-electron chi connectivity index (χ2n) is 7.10. The number of fused-ring (bicyclic) bond motifs is 1. The van der Waals surface area contributed by atoms with Crippen molar-refractivity contribution >= 4 is 22.5 Å². The van der Waals surface area contributed by atoms with Crippen LogP contribution in [0.5, 0.6) is 0 Å². The molecule has 0 saturated carbocycles. The topological polar surface area (TPSA) is 65.6 Å². The summed E-state index contributed by atoms with van der Waals surface area (Å²) in [5, 5.41) is 8.09. The molecule has 5 heteroatoms. The molecule has 24 heavy (non-hydrogen) atoms. The molecule has 0 radical (unpaired) electrons. The van der Waals surface area contributed by atoms with Crippen LogP contribution in [0, 0.1) is 6.92 Å².